The van der Waals surface area contributed by atoms with Crippen molar-refractivity contribution >= 4 is 18.1 Å². The molecule has 2 aliphatic rings. The van der Waals surface area contributed by atoms with E-state index in [0.29, 0.717) is 0 Å². The summed E-state index contributed by atoms with van der Waals surface area (Å²) in [4.78, 5) is 0. The minimum absolute atomic E-state index is 0.733. The van der Waals surface area contributed by atoms with Crippen molar-refractivity contribution < 1.29 is 17.9 Å². The summed E-state index contributed by atoms with van der Waals surface area (Å²) in [7, 11) is 0. The van der Waals surface area contributed by atoms with Crippen molar-refractivity contribution in [2.75, 3.05) is 0 Å². The van der Waals surface area contributed by atoms with Crippen molar-refractivity contribution in [2.24, 2.45) is 0 Å². The van der Waals surface area contributed by atoms with Gasteiger partial charge in [-0.3, -0.25) is 0 Å². The fourth-order valence-corrected chi connectivity index (χ4v) is 58.4. The van der Waals surface area contributed by atoms with E-state index in [-0.39, 0.29) is 0 Å². The summed E-state index contributed by atoms with van der Waals surface area (Å²) in [6.45, 7) is 15.4. The maximum absolute atomic E-state index is 3.54. The van der Waals surface area contributed by atoms with Crippen molar-refractivity contribution in [2.45, 2.75) is 82.0 Å². The quantitative estimate of drug-likeness (QED) is 0.288. The Balaban J connectivity index is 2.09. The van der Waals surface area contributed by atoms with Gasteiger partial charge in [-0.2, -0.15) is 0 Å². The van der Waals surface area contributed by atoms with Gasteiger partial charge in [-0.15, -0.1) is 0 Å². The molecule has 0 radical (unpaired) electrons. The Labute approximate surface area is 198 Å². The van der Waals surface area contributed by atoms with Crippen LogP contribution < -0.4 is 0 Å². The third kappa shape index (κ3) is 3.47. The van der Waals surface area contributed by atoms with E-state index in [9.17, 15) is 0 Å². The zero-order valence-corrected chi connectivity index (χ0v) is 24.9. The van der Waals surface area contributed by atoms with Crippen LogP contribution in [-0.2, 0) is 17.9 Å². The summed E-state index contributed by atoms with van der Waals surface area (Å²) in [6, 6.07) is 18.9. The van der Waals surface area contributed by atoms with Gasteiger partial charge < -0.3 is 0 Å². The van der Waals surface area contributed by atoms with Crippen molar-refractivity contribution in [3.8, 4) is 0 Å². The third-order valence-electron chi connectivity index (χ3n) is 9.54. The fourth-order valence-electron chi connectivity index (χ4n) is 8.26. The predicted octanol–water partition coefficient (Wildman–Crippen LogP) is 9.41. The molecule has 2 unspecified atom stereocenters. The second kappa shape index (κ2) is 9.34. The summed E-state index contributed by atoms with van der Waals surface area (Å²) in [5.41, 5.74) is 9.82. The number of unbranched alkanes of at least 4 members (excludes halogenated alkanes) is 2. The van der Waals surface area contributed by atoms with Crippen molar-refractivity contribution in [3.63, 3.8) is 0 Å². The van der Waals surface area contributed by atoms with Crippen molar-refractivity contribution in [3.05, 3.63) is 81.9 Å². The average molecular weight is 523 g/mol. The molecule has 0 heterocycles. The zero-order chi connectivity index (χ0) is 23.0. The summed E-state index contributed by atoms with van der Waals surface area (Å²) in [5.74, 6) is -0.993. The molecule has 2 aromatic carbocycles. The molecule has 4 rings (SSSR count). The van der Waals surface area contributed by atoms with Gasteiger partial charge in [0.2, 0.25) is 0 Å². The van der Waals surface area contributed by atoms with E-state index in [1.807, 2.05) is 0 Å². The van der Waals surface area contributed by atoms with Crippen LogP contribution in [0.15, 0.2) is 59.7 Å². The molecule has 0 aromatic heterocycles. The van der Waals surface area contributed by atoms with E-state index < -0.39 is 23.9 Å². The molecular formula is C30H43SiZr. The number of hydrogen-bond donors (Lipinski definition) is 0. The molecule has 0 saturated heterocycles. The van der Waals surface area contributed by atoms with Gasteiger partial charge in [0, 0.05) is 0 Å². The molecule has 0 fully saturated rings. The van der Waals surface area contributed by atoms with Crippen LogP contribution >= 0.6 is 0 Å². The summed E-state index contributed by atoms with van der Waals surface area (Å²) in [5, 5.41) is 0. The van der Waals surface area contributed by atoms with Crippen LogP contribution in [-0.4, -0.2) is 5.92 Å². The molecule has 0 spiro atoms. The number of fused-ring (bicyclic) bond motifs is 2. The Kier molecular flexibility index (Phi) is 7.05. The predicted molar refractivity (Wildman–Crippen MR) is 144 cm³/mol. The van der Waals surface area contributed by atoms with Gasteiger partial charge in [0.1, 0.15) is 0 Å². The Bertz CT molecular complexity index is 965. The van der Waals surface area contributed by atoms with E-state index in [4.69, 9.17) is 0 Å². The maximum atomic E-state index is 2.78. The van der Waals surface area contributed by atoms with Crippen LogP contribution in [0.25, 0.3) is 12.2 Å². The second-order valence-electron chi connectivity index (χ2n) is 11.2. The molecule has 2 heteroatoms. The van der Waals surface area contributed by atoms with Gasteiger partial charge in [-0.1, -0.05) is 0 Å². The second-order valence-corrected chi connectivity index (χ2v) is 45.8. The number of allylic oxidation sites excluding steroid dienone is 2. The Hall–Kier alpha value is -0.980. The van der Waals surface area contributed by atoms with Crippen molar-refractivity contribution in [1.82, 2.24) is 0 Å². The molecular weight excluding hydrogens is 480 g/mol. The van der Waals surface area contributed by atoms with Gasteiger partial charge in [0.25, 0.3) is 0 Å². The van der Waals surface area contributed by atoms with E-state index in [1.165, 1.54) is 36.8 Å². The summed E-state index contributed by atoms with van der Waals surface area (Å²) < 4.78 is 4.57. The molecule has 2 aromatic rings. The monoisotopic (exact) mass is 521 g/mol. The standard InChI is InChI=1S/2C10H9.2C4H9.C2H7Si.Zr/c2*1-8-6-9-4-2-3-5-10(9)7-8;2*1-3-4-2;1-3-2;/h2*2-7H,1H3;2*1,3-4H2,2H3;3H,1-2H3;. The topological polar surface area (TPSA) is 0 Å². The molecule has 171 valence electrons. The minimum atomic E-state index is -3.54. The normalized spacial score (nSPS) is 21.0. The molecule has 0 saturated carbocycles. The Morgan fingerprint density at radius 3 is 1.47 bits per heavy atom. The van der Waals surface area contributed by atoms with Crippen LogP contribution in [0.5, 0.6) is 0 Å². The first-order valence-corrected chi connectivity index (χ1v) is 26.6. The molecule has 0 N–H and O–H groups in total. The molecule has 0 bridgehead atoms. The van der Waals surface area contributed by atoms with Crippen LogP contribution in [0.2, 0.25) is 21.4 Å². The first-order valence-electron chi connectivity index (χ1n) is 13.1. The first-order chi connectivity index (χ1) is 15.4. The average Bonchev–Trinajstić information content (AvgIpc) is 3.31. The fraction of sp³-hybridized carbons (Fsp3) is 0.467. The summed E-state index contributed by atoms with van der Waals surface area (Å²) in [6.07, 6.45) is 10.6. The number of benzene rings is 2. The molecule has 2 atom stereocenters. The van der Waals surface area contributed by atoms with Gasteiger partial charge >= 0.3 is 200 Å². The number of hydrogen-bond acceptors (Lipinski definition) is 0. The van der Waals surface area contributed by atoms with E-state index in [2.05, 4.69) is 101 Å². The molecule has 32 heavy (non-hydrogen) atoms. The van der Waals surface area contributed by atoms with Crippen LogP contribution in [0.3, 0.4) is 0 Å². The van der Waals surface area contributed by atoms with Crippen LogP contribution in [0.1, 0.15) is 82.9 Å². The summed E-state index contributed by atoms with van der Waals surface area (Å²) >= 11 is -3.54. The SMILES string of the molecule is CCC[CH2][Zr]([CH2]CCC)([CH]1C(C)=Cc2ccccc21)([CH]1C(C)=Cc2ccccc21)[SiH](C)C. The van der Waals surface area contributed by atoms with Crippen LogP contribution in [0.4, 0.5) is 0 Å². The number of rotatable bonds is 9. The Morgan fingerprint density at radius 1 is 0.688 bits per heavy atom. The molecule has 0 amide bonds. The molecule has 2 aliphatic carbocycles. The van der Waals surface area contributed by atoms with E-state index >= 15 is 0 Å². The van der Waals surface area contributed by atoms with Gasteiger partial charge in [0.05, 0.1) is 0 Å². The van der Waals surface area contributed by atoms with Gasteiger partial charge in [-0.05, 0) is 0 Å². The molecule has 0 aliphatic heterocycles. The molecule has 0 nitrogen and oxygen atoms in total. The Morgan fingerprint density at radius 2 is 1.09 bits per heavy atom. The zero-order valence-electron chi connectivity index (χ0n) is 21.2. The van der Waals surface area contributed by atoms with Gasteiger partial charge in [0.15, 0.2) is 0 Å². The van der Waals surface area contributed by atoms with Gasteiger partial charge in [-0.25, -0.2) is 0 Å². The van der Waals surface area contributed by atoms with Crippen molar-refractivity contribution in [1.29, 1.82) is 0 Å². The van der Waals surface area contributed by atoms with E-state index in [1.54, 1.807) is 30.5 Å². The first kappa shape index (κ1) is 24.2. The van der Waals surface area contributed by atoms with Crippen LogP contribution in [0, 0.1) is 0 Å². The van der Waals surface area contributed by atoms with E-state index in [0.717, 1.165) is 7.25 Å². The third-order valence-corrected chi connectivity index (χ3v) is 60.5.